The van der Waals surface area contributed by atoms with Crippen molar-refractivity contribution in [3.8, 4) is 0 Å². The Morgan fingerprint density at radius 1 is 1.23 bits per heavy atom. The van der Waals surface area contributed by atoms with Crippen molar-refractivity contribution >= 4 is 0 Å². The largest absolute Gasteiger partial charge is 0.372 e. The van der Waals surface area contributed by atoms with Crippen LogP contribution in [-0.4, -0.2) is 18.2 Å². The van der Waals surface area contributed by atoms with Crippen molar-refractivity contribution in [1.82, 2.24) is 0 Å². The van der Waals surface area contributed by atoms with Crippen LogP contribution in [0.1, 0.15) is 52.4 Å². The number of rotatable bonds is 4. The van der Waals surface area contributed by atoms with E-state index in [1.54, 1.807) is 0 Å². The van der Waals surface area contributed by atoms with Crippen molar-refractivity contribution in [2.75, 3.05) is 6.54 Å². The lowest BCUT2D eigenvalue weighted by Gasteiger charge is -2.38. The van der Waals surface area contributed by atoms with Gasteiger partial charge in [0.1, 0.15) is 0 Å². The molecule has 2 heteroatoms. The quantitative estimate of drug-likeness (QED) is 0.730. The van der Waals surface area contributed by atoms with E-state index in [0.29, 0.717) is 6.10 Å². The second-order valence-electron chi connectivity index (χ2n) is 4.45. The van der Waals surface area contributed by atoms with Crippen molar-refractivity contribution < 1.29 is 4.74 Å². The minimum Gasteiger partial charge on any atom is -0.372 e. The molecule has 0 aromatic carbocycles. The molecule has 2 nitrogen and oxygen atoms in total. The zero-order valence-electron chi connectivity index (χ0n) is 9.01. The van der Waals surface area contributed by atoms with E-state index in [9.17, 15) is 0 Å². The first-order chi connectivity index (χ1) is 6.18. The van der Waals surface area contributed by atoms with Crippen LogP contribution >= 0.6 is 0 Å². The molecule has 0 spiro atoms. The van der Waals surface area contributed by atoms with E-state index in [0.717, 1.165) is 13.0 Å². The summed E-state index contributed by atoms with van der Waals surface area (Å²) in [4.78, 5) is 0. The van der Waals surface area contributed by atoms with Gasteiger partial charge in [0.05, 0.1) is 11.7 Å². The van der Waals surface area contributed by atoms with Crippen LogP contribution in [-0.2, 0) is 4.74 Å². The average molecular weight is 185 g/mol. The van der Waals surface area contributed by atoms with Crippen molar-refractivity contribution in [2.45, 2.75) is 64.1 Å². The summed E-state index contributed by atoms with van der Waals surface area (Å²) in [6.45, 7) is 4.99. The maximum Gasteiger partial charge on any atom is 0.0698 e. The predicted molar refractivity (Wildman–Crippen MR) is 55.7 cm³/mol. The summed E-state index contributed by atoms with van der Waals surface area (Å²) >= 11 is 0. The van der Waals surface area contributed by atoms with Crippen LogP contribution in [0.15, 0.2) is 0 Å². The fourth-order valence-electron chi connectivity index (χ4n) is 2.39. The molecular weight excluding hydrogens is 162 g/mol. The molecule has 0 aromatic rings. The first kappa shape index (κ1) is 11.0. The van der Waals surface area contributed by atoms with Crippen LogP contribution < -0.4 is 5.73 Å². The fourth-order valence-corrected chi connectivity index (χ4v) is 2.39. The first-order valence-electron chi connectivity index (χ1n) is 5.56. The third-order valence-electron chi connectivity index (χ3n) is 2.85. The number of hydrogen-bond acceptors (Lipinski definition) is 2. The summed E-state index contributed by atoms with van der Waals surface area (Å²) in [6, 6.07) is 0. The molecule has 2 N–H and O–H groups in total. The lowest BCUT2D eigenvalue weighted by Crippen LogP contribution is -2.39. The smallest absolute Gasteiger partial charge is 0.0698 e. The number of ether oxygens (including phenoxy) is 1. The SMILES string of the molecule is CC(C)OC1(CCN)CCCCC1. The lowest BCUT2D eigenvalue weighted by atomic mass is 9.82. The molecule has 0 unspecified atom stereocenters. The second kappa shape index (κ2) is 4.97. The van der Waals surface area contributed by atoms with E-state index in [1.807, 2.05) is 0 Å². The fraction of sp³-hybridized carbons (Fsp3) is 1.00. The lowest BCUT2D eigenvalue weighted by molar-refractivity contribution is -0.104. The Bertz CT molecular complexity index is 134. The Labute approximate surface area is 81.8 Å². The highest BCUT2D eigenvalue weighted by Gasteiger charge is 2.32. The third-order valence-corrected chi connectivity index (χ3v) is 2.85. The van der Waals surface area contributed by atoms with Crippen LogP contribution in [0.4, 0.5) is 0 Å². The van der Waals surface area contributed by atoms with E-state index in [2.05, 4.69) is 13.8 Å². The molecule has 1 saturated carbocycles. The zero-order chi connectivity index (χ0) is 9.73. The third kappa shape index (κ3) is 3.28. The van der Waals surface area contributed by atoms with Crippen LogP contribution in [0.5, 0.6) is 0 Å². The molecule has 0 amide bonds. The van der Waals surface area contributed by atoms with Crippen LogP contribution in [0.2, 0.25) is 0 Å². The Hall–Kier alpha value is -0.0800. The minimum atomic E-state index is 0.126. The molecule has 1 aliphatic rings. The summed E-state index contributed by atoms with van der Waals surface area (Å²) in [5.41, 5.74) is 5.77. The first-order valence-corrected chi connectivity index (χ1v) is 5.56. The molecule has 0 bridgehead atoms. The highest BCUT2D eigenvalue weighted by molar-refractivity contribution is 4.85. The van der Waals surface area contributed by atoms with Gasteiger partial charge in [-0.3, -0.25) is 0 Å². The molecule has 0 aliphatic heterocycles. The van der Waals surface area contributed by atoms with Crippen molar-refractivity contribution in [2.24, 2.45) is 5.73 Å². The normalized spacial score (nSPS) is 22.2. The van der Waals surface area contributed by atoms with Gasteiger partial charge in [-0.15, -0.1) is 0 Å². The number of nitrogens with two attached hydrogens (primary N) is 1. The van der Waals surface area contributed by atoms with Gasteiger partial charge in [-0.2, -0.15) is 0 Å². The molecule has 1 fully saturated rings. The predicted octanol–water partition coefficient (Wildman–Crippen LogP) is 2.46. The topological polar surface area (TPSA) is 35.2 Å². The Balaban J connectivity index is 2.50. The summed E-state index contributed by atoms with van der Waals surface area (Å²) in [6.07, 6.45) is 7.79. The average Bonchev–Trinajstić information content (AvgIpc) is 2.04. The molecule has 78 valence electrons. The Morgan fingerprint density at radius 2 is 1.85 bits per heavy atom. The van der Waals surface area contributed by atoms with Crippen molar-refractivity contribution in [3.05, 3.63) is 0 Å². The monoisotopic (exact) mass is 185 g/mol. The van der Waals surface area contributed by atoms with Crippen LogP contribution in [0.25, 0.3) is 0 Å². The second-order valence-corrected chi connectivity index (χ2v) is 4.45. The molecule has 0 saturated heterocycles. The minimum absolute atomic E-state index is 0.126. The standard InChI is InChI=1S/C11H23NO/c1-10(2)13-11(8-9-12)6-4-3-5-7-11/h10H,3-9,12H2,1-2H3. The van der Waals surface area contributed by atoms with E-state index in [-0.39, 0.29) is 5.60 Å². The molecule has 0 aromatic heterocycles. The van der Waals surface area contributed by atoms with Gasteiger partial charge in [0.25, 0.3) is 0 Å². The van der Waals surface area contributed by atoms with Gasteiger partial charge in [0, 0.05) is 0 Å². The molecule has 0 heterocycles. The number of hydrogen-bond donors (Lipinski definition) is 1. The van der Waals surface area contributed by atoms with E-state index < -0.39 is 0 Å². The maximum absolute atomic E-state index is 6.04. The molecular formula is C11H23NO. The van der Waals surface area contributed by atoms with E-state index >= 15 is 0 Å². The molecule has 1 aliphatic carbocycles. The van der Waals surface area contributed by atoms with Crippen molar-refractivity contribution in [3.63, 3.8) is 0 Å². The van der Waals surface area contributed by atoms with E-state index in [1.165, 1.54) is 32.1 Å². The van der Waals surface area contributed by atoms with Gasteiger partial charge < -0.3 is 10.5 Å². The molecule has 1 rings (SSSR count). The summed E-state index contributed by atoms with van der Waals surface area (Å²) in [5.74, 6) is 0. The Morgan fingerprint density at radius 3 is 2.31 bits per heavy atom. The molecule has 0 radical (unpaired) electrons. The Kier molecular flexibility index (Phi) is 4.20. The maximum atomic E-state index is 6.04. The van der Waals surface area contributed by atoms with Crippen molar-refractivity contribution in [1.29, 1.82) is 0 Å². The zero-order valence-corrected chi connectivity index (χ0v) is 9.01. The summed E-state index contributed by atoms with van der Waals surface area (Å²) in [5, 5.41) is 0. The molecule has 0 atom stereocenters. The summed E-state index contributed by atoms with van der Waals surface area (Å²) in [7, 11) is 0. The van der Waals surface area contributed by atoms with Crippen LogP contribution in [0, 0.1) is 0 Å². The van der Waals surface area contributed by atoms with Crippen LogP contribution in [0.3, 0.4) is 0 Å². The van der Waals surface area contributed by atoms with Gasteiger partial charge in [-0.05, 0) is 39.7 Å². The van der Waals surface area contributed by atoms with Gasteiger partial charge in [-0.25, -0.2) is 0 Å². The van der Waals surface area contributed by atoms with Gasteiger partial charge >= 0.3 is 0 Å². The highest BCUT2D eigenvalue weighted by atomic mass is 16.5. The highest BCUT2D eigenvalue weighted by Crippen LogP contribution is 2.35. The van der Waals surface area contributed by atoms with Gasteiger partial charge in [0.15, 0.2) is 0 Å². The summed E-state index contributed by atoms with van der Waals surface area (Å²) < 4.78 is 6.04. The van der Waals surface area contributed by atoms with E-state index in [4.69, 9.17) is 10.5 Å². The van der Waals surface area contributed by atoms with Gasteiger partial charge in [0.2, 0.25) is 0 Å². The van der Waals surface area contributed by atoms with Gasteiger partial charge in [-0.1, -0.05) is 19.3 Å². The molecule has 13 heavy (non-hydrogen) atoms.